The Morgan fingerprint density at radius 1 is 1.00 bits per heavy atom. The molecule has 2 amide bonds. The first kappa shape index (κ1) is 27.1. The van der Waals surface area contributed by atoms with Gasteiger partial charge in [-0.05, 0) is 80.7 Å². The average molecular weight is 474 g/mol. The van der Waals surface area contributed by atoms with Crippen molar-refractivity contribution < 1.29 is 27.2 Å². The number of carbonyl (C=O) groups excluding carboxylic acids is 2. The monoisotopic (exact) mass is 473 g/mol. The molecule has 1 aliphatic carbocycles. The van der Waals surface area contributed by atoms with Gasteiger partial charge in [0.15, 0.2) is 0 Å². The second kappa shape index (κ2) is 12.9. The Labute approximate surface area is 193 Å². The SMILES string of the molecule is CCC(CC)NC(=O)CNC[C@H]1CC[C@H](CNC(=O)c2cc(CF)cc(C(F)(F)F)c2)CC1. The summed E-state index contributed by atoms with van der Waals surface area (Å²) in [6.07, 6.45) is 0.881. The predicted octanol–water partition coefficient (Wildman–Crippen LogP) is 4.61. The van der Waals surface area contributed by atoms with Crippen LogP contribution in [0.3, 0.4) is 0 Å². The maximum atomic E-state index is 13.0. The van der Waals surface area contributed by atoms with Gasteiger partial charge in [-0.2, -0.15) is 13.2 Å². The third kappa shape index (κ3) is 8.95. The van der Waals surface area contributed by atoms with E-state index in [1.807, 2.05) is 13.8 Å². The van der Waals surface area contributed by atoms with E-state index in [1.165, 1.54) is 0 Å². The zero-order chi connectivity index (χ0) is 24.4. The molecule has 1 aromatic rings. The van der Waals surface area contributed by atoms with Crippen molar-refractivity contribution in [2.75, 3.05) is 19.6 Å². The standard InChI is InChI=1S/C24H35F4N3O2/c1-3-21(4-2)31-22(32)15-29-13-16-5-7-17(8-6-16)14-30-23(33)19-9-18(12-25)10-20(11-19)24(26,27)28/h9-11,16-17,21,29H,3-8,12-15H2,1-2H3,(H,30,33)(H,31,32)/t16-,17-. The molecule has 2 rings (SSSR count). The fourth-order valence-corrected chi connectivity index (χ4v) is 4.20. The molecule has 0 unspecified atom stereocenters. The molecule has 1 aromatic carbocycles. The minimum absolute atomic E-state index is 0.00519. The van der Waals surface area contributed by atoms with Gasteiger partial charge < -0.3 is 16.0 Å². The fraction of sp³-hybridized carbons (Fsp3) is 0.667. The van der Waals surface area contributed by atoms with Crippen LogP contribution >= 0.6 is 0 Å². The third-order valence-electron chi connectivity index (χ3n) is 6.32. The quantitative estimate of drug-likeness (QED) is 0.411. The number of hydrogen-bond acceptors (Lipinski definition) is 3. The first-order valence-electron chi connectivity index (χ1n) is 11.7. The van der Waals surface area contributed by atoms with Crippen molar-refractivity contribution in [1.82, 2.24) is 16.0 Å². The van der Waals surface area contributed by atoms with Crippen LogP contribution in [0.15, 0.2) is 18.2 Å². The fourth-order valence-electron chi connectivity index (χ4n) is 4.20. The Hall–Kier alpha value is -2.16. The van der Waals surface area contributed by atoms with Gasteiger partial charge in [-0.15, -0.1) is 0 Å². The Balaban J connectivity index is 1.73. The summed E-state index contributed by atoms with van der Waals surface area (Å²) in [5.41, 5.74) is -1.37. The molecule has 0 heterocycles. The highest BCUT2D eigenvalue weighted by molar-refractivity contribution is 5.94. The van der Waals surface area contributed by atoms with Crippen LogP contribution in [0, 0.1) is 11.8 Å². The second-order valence-corrected chi connectivity index (χ2v) is 8.86. The molecule has 1 saturated carbocycles. The van der Waals surface area contributed by atoms with Gasteiger partial charge in [0.05, 0.1) is 12.1 Å². The summed E-state index contributed by atoms with van der Waals surface area (Å²) in [4.78, 5) is 24.3. The molecule has 9 heteroatoms. The lowest BCUT2D eigenvalue weighted by Crippen LogP contribution is -2.41. The van der Waals surface area contributed by atoms with Gasteiger partial charge in [0.2, 0.25) is 5.91 Å². The number of amides is 2. The first-order chi connectivity index (χ1) is 15.7. The summed E-state index contributed by atoms with van der Waals surface area (Å²) in [7, 11) is 0. The van der Waals surface area contributed by atoms with Gasteiger partial charge >= 0.3 is 6.18 Å². The molecule has 0 bridgehead atoms. The summed E-state index contributed by atoms with van der Waals surface area (Å²) in [6.45, 7) is 4.45. The molecular formula is C24H35F4N3O2. The summed E-state index contributed by atoms with van der Waals surface area (Å²) in [6, 6.07) is 2.86. The molecule has 1 aliphatic rings. The Kier molecular flexibility index (Phi) is 10.6. The minimum Gasteiger partial charge on any atom is -0.352 e. The number of nitrogens with one attached hydrogen (secondary N) is 3. The van der Waals surface area contributed by atoms with Gasteiger partial charge in [0.1, 0.15) is 6.67 Å². The Bertz CT molecular complexity index is 773. The maximum Gasteiger partial charge on any atom is 0.416 e. The van der Waals surface area contributed by atoms with E-state index in [0.29, 0.717) is 19.0 Å². The highest BCUT2D eigenvalue weighted by atomic mass is 19.4. The van der Waals surface area contributed by atoms with Crippen LogP contribution in [-0.4, -0.2) is 37.5 Å². The van der Waals surface area contributed by atoms with E-state index in [1.54, 1.807) is 0 Å². The van der Waals surface area contributed by atoms with Crippen LogP contribution in [0.4, 0.5) is 17.6 Å². The number of carbonyl (C=O) groups is 2. The van der Waals surface area contributed by atoms with Crippen LogP contribution in [0.5, 0.6) is 0 Å². The van der Waals surface area contributed by atoms with Crippen LogP contribution in [0.1, 0.15) is 73.9 Å². The van der Waals surface area contributed by atoms with Crippen LogP contribution < -0.4 is 16.0 Å². The number of benzene rings is 1. The molecule has 3 N–H and O–H groups in total. The van der Waals surface area contributed by atoms with E-state index in [-0.39, 0.29) is 29.0 Å². The molecule has 0 aromatic heterocycles. The summed E-state index contributed by atoms with van der Waals surface area (Å²) in [5, 5.41) is 8.92. The van der Waals surface area contributed by atoms with Crippen molar-refractivity contribution in [3.8, 4) is 0 Å². The second-order valence-electron chi connectivity index (χ2n) is 8.86. The summed E-state index contributed by atoms with van der Waals surface area (Å²) >= 11 is 0. The van der Waals surface area contributed by atoms with E-state index in [2.05, 4.69) is 16.0 Å². The topological polar surface area (TPSA) is 70.2 Å². The van der Waals surface area contributed by atoms with E-state index in [9.17, 15) is 27.2 Å². The lowest BCUT2D eigenvalue weighted by Gasteiger charge is -2.29. The van der Waals surface area contributed by atoms with E-state index in [0.717, 1.165) is 63.3 Å². The molecule has 0 radical (unpaired) electrons. The lowest BCUT2D eigenvalue weighted by molar-refractivity contribution is -0.137. The van der Waals surface area contributed by atoms with Gasteiger partial charge in [-0.25, -0.2) is 4.39 Å². The number of alkyl halides is 4. The molecule has 33 heavy (non-hydrogen) atoms. The zero-order valence-corrected chi connectivity index (χ0v) is 19.4. The van der Waals surface area contributed by atoms with Crippen LogP contribution in [0.25, 0.3) is 0 Å². The van der Waals surface area contributed by atoms with Crippen LogP contribution in [-0.2, 0) is 17.6 Å². The van der Waals surface area contributed by atoms with Crippen molar-refractivity contribution >= 4 is 11.8 Å². The van der Waals surface area contributed by atoms with Crippen molar-refractivity contribution in [3.63, 3.8) is 0 Å². The van der Waals surface area contributed by atoms with E-state index >= 15 is 0 Å². The van der Waals surface area contributed by atoms with E-state index < -0.39 is 24.3 Å². The normalized spacial score (nSPS) is 18.9. The Morgan fingerprint density at radius 3 is 2.15 bits per heavy atom. The minimum atomic E-state index is -4.64. The van der Waals surface area contributed by atoms with E-state index in [4.69, 9.17) is 0 Å². The smallest absolute Gasteiger partial charge is 0.352 e. The van der Waals surface area contributed by atoms with Gasteiger partial charge in [0, 0.05) is 18.2 Å². The molecule has 186 valence electrons. The first-order valence-corrected chi connectivity index (χ1v) is 11.7. The molecule has 5 nitrogen and oxygen atoms in total. The van der Waals surface area contributed by atoms with Crippen LogP contribution in [0.2, 0.25) is 0 Å². The number of rotatable bonds is 11. The molecule has 0 saturated heterocycles. The molecule has 1 fully saturated rings. The summed E-state index contributed by atoms with van der Waals surface area (Å²) in [5.74, 6) is 0.0805. The predicted molar refractivity (Wildman–Crippen MR) is 119 cm³/mol. The van der Waals surface area contributed by atoms with Gasteiger partial charge in [-0.3, -0.25) is 9.59 Å². The van der Waals surface area contributed by atoms with Crippen molar-refractivity contribution in [1.29, 1.82) is 0 Å². The Morgan fingerprint density at radius 2 is 1.61 bits per heavy atom. The lowest BCUT2D eigenvalue weighted by atomic mass is 9.82. The summed E-state index contributed by atoms with van der Waals surface area (Å²) < 4.78 is 51.9. The molecular weight excluding hydrogens is 438 g/mol. The zero-order valence-electron chi connectivity index (χ0n) is 19.4. The molecule has 0 aliphatic heterocycles. The average Bonchev–Trinajstić information content (AvgIpc) is 2.80. The maximum absolute atomic E-state index is 13.0. The van der Waals surface area contributed by atoms with Gasteiger partial charge in [-0.1, -0.05) is 13.8 Å². The molecule has 0 atom stereocenters. The highest BCUT2D eigenvalue weighted by Gasteiger charge is 2.32. The van der Waals surface area contributed by atoms with Crippen molar-refractivity contribution in [3.05, 3.63) is 34.9 Å². The van der Waals surface area contributed by atoms with Crippen molar-refractivity contribution in [2.24, 2.45) is 11.8 Å². The number of halogens is 4. The van der Waals surface area contributed by atoms with Gasteiger partial charge in [0.25, 0.3) is 5.91 Å². The molecule has 0 spiro atoms. The third-order valence-corrected chi connectivity index (χ3v) is 6.32. The van der Waals surface area contributed by atoms with Crippen molar-refractivity contribution in [2.45, 2.75) is 71.3 Å². The largest absolute Gasteiger partial charge is 0.416 e. The number of hydrogen-bond donors (Lipinski definition) is 3. The highest BCUT2D eigenvalue weighted by Crippen LogP contribution is 2.31.